The van der Waals surface area contributed by atoms with Crippen LogP contribution < -0.4 is 0 Å². The summed E-state index contributed by atoms with van der Waals surface area (Å²) >= 11 is 1.69. The Balaban J connectivity index is 2.53. The summed E-state index contributed by atoms with van der Waals surface area (Å²) in [6.45, 7) is 1.33. The fraction of sp³-hybridized carbons (Fsp3) is 0.600. The van der Waals surface area contributed by atoms with E-state index in [1.165, 1.54) is 4.88 Å². The zero-order valence-electron chi connectivity index (χ0n) is 8.64. The maximum atomic E-state index is 8.71. The van der Waals surface area contributed by atoms with E-state index in [1.54, 1.807) is 11.3 Å². The molecule has 1 N–H and O–H groups in total. The second kappa shape index (κ2) is 6.14. The minimum absolute atomic E-state index is 0.0787. The van der Waals surface area contributed by atoms with E-state index < -0.39 is 0 Å². The summed E-state index contributed by atoms with van der Waals surface area (Å²) in [6, 6.07) is 4.08. The van der Waals surface area contributed by atoms with Crippen molar-refractivity contribution in [3.05, 3.63) is 22.4 Å². The molecule has 0 bridgehead atoms. The second-order valence-electron chi connectivity index (χ2n) is 3.36. The Morgan fingerprint density at radius 3 is 2.86 bits per heavy atom. The lowest BCUT2D eigenvalue weighted by Gasteiger charge is -2.20. The van der Waals surface area contributed by atoms with Gasteiger partial charge in [-0.25, -0.2) is 0 Å². The maximum absolute atomic E-state index is 8.71. The van der Waals surface area contributed by atoms with Gasteiger partial charge in [0.15, 0.2) is 0 Å². The summed E-state index contributed by atoms with van der Waals surface area (Å²) in [4.78, 5) is 3.30. The van der Waals surface area contributed by atoms with E-state index in [0.717, 1.165) is 6.54 Å². The van der Waals surface area contributed by atoms with Crippen LogP contribution in [0.25, 0.3) is 0 Å². The van der Waals surface area contributed by atoms with Crippen molar-refractivity contribution in [3.63, 3.8) is 0 Å². The minimum atomic E-state index is 0.0787. The third-order valence-corrected chi connectivity index (χ3v) is 2.77. The van der Waals surface area contributed by atoms with Crippen LogP contribution in [0.2, 0.25) is 0 Å². The lowest BCUT2D eigenvalue weighted by atomic mass is 10.3. The number of likely N-dealkylation sites (N-methyl/N-ethyl adjacent to an activating group) is 1. The summed E-state index contributed by atoms with van der Waals surface area (Å²) in [7, 11) is 4.03. The molecule has 0 amide bonds. The van der Waals surface area contributed by atoms with Gasteiger partial charge >= 0.3 is 0 Å². The zero-order chi connectivity index (χ0) is 10.4. The van der Waals surface area contributed by atoms with Crippen molar-refractivity contribution >= 4 is 11.3 Å². The molecule has 0 saturated carbocycles. The van der Waals surface area contributed by atoms with Crippen LogP contribution in [0.1, 0.15) is 11.0 Å². The molecule has 3 nitrogen and oxygen atoms in total. The number of thiophene rings is 1. The fourth-order valence-electron chi connectivity index (χ4n) is 1.23. The highest BCUT2D eigenvalue weighted by molar-refractivity contribution is 7.10. The molecule has 0 radical (unpaired) electrons. The first kappa shape index (κ1) is 11.7. The quantitative estimate of drug-likeness (QED) is 0.777. The van der Waals surface area contributed by atoms with Crippen molar-refractivity contribution in [1.82, 2.24) is 4.90 Å². The van der Waals surface area contributed by atoms with Crippen LogP contribution in [0.5, 0.6) is 0 Å². The number of hydrogen-bond acceptors (Lipinski definition) is 4. The smallest absolute Gasteiger partial charge is 0.104 e. The van der Waals surface area contributed by atoms with Gasteiger partial charge in [-0.15, -0.1) is 11.3 Å². The molecule has 0 aromatic carbocycles. The molecule has 80 valence electrons. The highest BCUT2D eigenvalue weighted by Crippen LogP contribution is 2.22. The Morgan fingerprint density at radius 2 is 2.36 bits per heavy atom. The van der Waals surface area contributed by atoms with Gasteiger partial charge in [-0.2, -0.15) is 0 Å². The van der Waals surface area contributed by atoms with Crippen molar-refractivity contribution in [2.75, 3.05) is 33.9 Å². The minimum Gasteiger partial charge on any atom is -0.394 e. The van der Waals surface area contributed by atoms with Gasteiger partial charge in [0.1, 0.15) is 6.10 Å². The van der Waals surface area contributed by atoms with Crippen LogP contribution in [-0.2, 0) is 4.74 Å². The fourth-order valence-corrected chi connectivity index (χ4v) is 1.99. The maximum Gasteiger partial charge on any atom is 0.104 e. The number of nitrogens with zero attached hydrogens (tertiary/aromatic N) is 1. The molecule has 0 aliphatic carbocycles. The first-order valence-corrected chi connectivity index (χ1v) is 5.52. The standard InChI is InChI=1S/C10H17NO2S/c1-11(2)8-9(13-6-5-12)10-4-3-7-14-10/h3-4,7,9,12H,5-6,8H2,1-2H3. The predicted molar refractivity (Wildman–Crippen MR) is 58.7 cm³/mol. The predicted octanol–water partition coefficient (Wildman–Crippen LogP) is 1.36. The number of aliphatic hydroxyl groups excluding tert-OH is 1. The van der Waals surface area contributed by atoms with E-state index in [1.807, 2.05) is 25.5 Å². The molecule has 1 aromatic rings. The van der Waals surface area contributed by atoms with Crippen molar-refractivity contribution in [3.8, 4) is 0 Å². The van der Waals surface area contributed by atoms with Crippen molar-refractivity contribution in [1.29, 1.82) is 0 Å². The average molecular weight is 215 g/mol. The van der Waals surface area contributed by atoms with Gasteiger partial charge in [-0.1, -0.05) is 6.07 Å². The van der Waals surface area contributed by atoms with Gasteiger partial charge in [-0.05, 0) is 25.5 Å². The lowest BCUT2D eigenvalue weighted by molar-refractivity contribution is 0.0161. The molecular formula is C10H17NO2S. The van der Waals surface area contributed by atoms with Crippen LogP contribution in [0, 0.1) is 0 Å². The third-order valence-electron chi connectivity index (χ3n) is 1.80. The normalized spacial score (nSPS) is 13.4. The Kier molecular flexibility index (Phi) is 5.11. The topological polar surface area (TPSA) is 32.7 Å². The number of ether oxygens (including phenoxy) is 1. The van der Waals surface area contributed by atoms with Crippen molar-refractivity contribution in [2.45, 2.75) is 6.10 Å². The van der Waals surface area contributed by atoms with E-state index in [-0.39, 0.29) is 12.7 Å². The van der Waals surface area contributed by atoms with E-state index in [2.05, 4.69) is 11.0 Å². The third kappa shape index (κ3) is 3.75. The SMILES string of the molecule is CN(C)CC(OCCO)c1cccs1. The molecule has 0 aliphatic rings. The van der Waals surface area contributed by atoms with E-state index in [0.29, 0.717) is 6.61 Å². The van der Waals surface area contributed by atoms with Gasteiger partial charge in [0.05, 0.1) is 13.2 Å². The van der Waals surface area contributed by atoms with Crippen molar-refractivity contribution < 1.29 is 9.84 Å². The van der Waals surface area contributed by atoms with Crippen LogP contribution in [0.15, 0.2) is 17.5 Å². The number of hydrogen-bond donors (Lipinski definition) is 1. The Morgan fingerprint density at radius 1 is 1.57 bits per heavy atom. The first-order valence-electron chi connectivity index (χ1n) is 4.64. The van der Waals surface area contributed by atoms with Crippen LogP contribution >= 0.6 is 11.3 Å². The molecule has 0 spiro atoms. The number of aliphatic hydroxyl groups is 1. The lowest BCUT2D eigenvalue weighted by Crippen LogP contribution is -2.22. The Bertz CT molecular complexity index is 236. The van der Waals surface area contributed by atoms with Gasteiger partial charge in [0.25, 0.3) is 0 Å². The average Bonchev–Trinajstić information content (AvgIpc) is 2.64. The summed E-state index contributed by atoms with van der Waals surface area (Å²) in [5.74, 6) is 0. The molecule has 1 aromatic heterocycles. The van der Waals surface area contributed by atoms with Gasteiger partial charge in [0, 0.05) is 11.4 Å². The molecular weight excluding hydrogens is 198 g/mol. The molecule has 0 saturated heterocycles. The molecule has 0 aliphatic heterocycles. The van der Waals surface area contributed by atoms with Gasteiger partial charge in [0.2, 0.25) is 0 Å². The van der Waals surface area contributed by atoms with Crippen molar-refractivity contribution in [2.24, 2.45) is 0 Å². The van der Waals surface area contributed by atoms with E-state index in [4.69, 9.17) is 9.84 Å². The van der Waals surface area contributed by atoms with Gasteiger partial charge < -0.3 is 14.7 Å². The highest BCUT2D eigenvalue weighted by Gasteiger charge is 2.13. The molecule has 1 heterocycles. The highest BCUT2D eigenvalue weighted by atomic mass is 32.1. The Hall–Kier alpha value is -0.420. The first-order chi connectivity index (χ1) is 6.74. The summed E-state index contributed by atoms with van der Waals surface area (Å²) in [6.07, 6.45) is 0.0807. The molecule has 14 heavy (non-hydrogen) atoms. The molecule has 4 heteroatoms. The monoisotopic (exact) mass is 215 g/mol. The van der Waals surface area contributed by atoms with E-state index >= 15 is 0 Å². The molecule has 1 atom stereocenters. The summed E-state index contributed by atoms with van der Waals surface area (Å²) in [5, 5.41) is 10.8. The molecule has 1 rings (SSSR count). The Labute approximate surface area is 88.9 Å². The van der Waals surface area contributed by atoms with Gasteiger partial charge in [-0.3, -0.25) is 0 Å². The number of rotatable bonds is 6. The largest absolute Gasteiger partial charge is 0.394 e. The van der Waals surface area contributed by atoms with Crippen LogP contribution in [0.3, 0.4) is 0 Å². The summed E-state index contributed by atoms with van der Waals surface area (Å²) in [5.41, 5.74) is 0. The zero-order valence-corrected chi connectivity index (χ0v) is 9.46. The molecule has 0 fully saturated rings. The van der Waals surface area contributed by atoms with Crippen LogP contribution in [0.4, 0.5) is 0 Å². The van der Waals surface area contributed by atoms with Crippen LogP contribution in [-0.4, -0.2) is 43.9 Å². The van der Waals surface area contributed by atoms with E-state index in [9.17, 15) is 0 Å². The second-order valence-corrected chi connectivity index (χ2v) is 4.34. The summed E-state index contributed by atoms with van der Waals surface area (Å²) < 4.78 is 5.57. The molecule has 1 unspecified atom stereocenters.